The van der Waals surface area contributed by atoms with Gasteiger partial charge in [0.05, 0.1) is 10.7 Å². The van der Waals surface area contributed by atoms with E-state index < -0.39 is 0 Å². The van der Waals surface area contributed by atoms with E-state index in [0.717, 1.165) is 22.7 Å². The highest BCUT2D eigenvalue weighted by atomic mass is 35.5. The van der Waals surface area contributed by atoms with Gasteiger partial charge in [-0.15, -0.1) is 0 Å². The fourth-order valence-electron chi connectivity index (χ4n) is 1.29. The molecule has 17 heavy (non-hydrogen) atoms. The summed E-state index contributed by atoms with van der Waals surface area (Å²) in [5, 5.41) is 3.93. The zero-order chi connectivity index (χ0) is 13.6. The lowest BCUT2D eigenvalue weighted by Gasteiger charge is -2.17. The maximum atomic E-state index is 6.16. The normalized spacial score (nSPS) is 15.4. The SMILES string of the molecule is C=C/C(C)=C(N/C(C)=C(\N)C(C)C)\C(Cl)=C/C. The van der Waals surface area contributed by atoms with Crippen LogP contribution in [0.3, 0.4) is 0 Å². The number of rotatable bonds is 5. The van der Waals surface area contributed by atoms with Crippen LogP contribution in [0.5, 0.6) is 0 Å². The summed E-state index contributed by atoms with van der Waals surface area (Å²) >= 11 is 6.16. The molecule has 0 aliphatic heterocycles. The van der Waals surface area contributed by atoms with E-state index in [1.807, 2.05) is 26.8 Å². The Balaban J connectivity index is 5.32. The third-order valence-corrected chi connectivity index (χ3v) is 2.97. The minimum absolute atomic E-state index is 0.303. The first-order valence-corrected chi connectivity index (χ1v) is 6.11. The number of nitrogens with two attached hydrogens (primary N) is 1. The molecule has 3 N–H and O–H groups in total. The Morgan fingerprint density at radius 2 is 1.88 bits per heavy atom. The van der Waals surface area contributed by atoms with Gasteiger partial charge in [-0.25, -0.2) is 0 Å². The van der Waals surface area contributed by atoms with Crippen molar-refractivity contribution in [2.24, 2.45) is 11.7 Å². The largest absolute Gasteiger partial charge is 0.400 e. The van der Waals surface area contributed by atoms with Crippen LogP contribution in [0, 0.1) is 5.92 Å². The maximum Gasteiger partial charge on any atom is 0.0601 e. The topological polar surface area (TPSA) is 38.0 Å². The van der Waals surface area contributed by atoms with E-state index in [1.54, 1.807) is 6.08 Å². The van der Waals surface area contributed by atoms with E-state index in [4.69, 9.17) is 17.3 Å². The predicted octanol–water partition coefficient (Wildman–Crippen LogP) is 4.02. The summed E-state index contributed by atoms with van der Waals surface area (Å²) in [5.74, 6) is 0.303. The molecule has 0 aromatic rings. The van der Waals surface area contributed by atoms with Crippen LogP contribution < -0.4 is 11.1 Å². The van der Waals surface area contributed by atoms with Crippen molar-refractivity contribution in [2.45, 2.75) is 34.6 Å². The molecule has 0 spiro atoms. The van der Waals surface area contributed by atoms with Crippen molar-refractivity contribution in [3.63, 3.8) is 0 Å². The molecule has 0 unspecified atom stereocenters. The number of halogens is 1. The second kappa shape index (κ2) is 7.23. The molecule has 0 atom stereocenters. The van der Waals surface area contributed by atoms with Gasteiger partial charge in [-0.05, 0) is 32.3 Å². The molecule has 0 heterocycles. The van der Waals surface area contributed by atoms with Gasteiger partial charge in [0.25, 0.3) is 0 Å². The molecule has 96 valence electrons. The van der Waals surface area contributed by atoms with E-state index >= 15 is 0 Å². The van der Waals surface area contributed by atoms with Crippen LogP contribution in [0.1, 0.15) is 34.6 Å². The van der Waals surface area contributed by atoms with Crippen molar-refractivity contribution >= 4 is 11.6 Å². The maximum absolute atomic E-state index is 6.16. The van der Waals surface area contributed by atoms with Crippen LogP contribution >= 0.6 is 11.6 Å². The summed E-state index contributed by atoms with van der Waals surface area (Å²) in [4.78, 5) is 0. The molecule has 0 saturated heterocycles. The third kappa shape index (κ3) is 4.70. The summed E-state index contributed by atoms with van der Waals surface area (Å²) in [6.45, 7) is 13.7. The molecule has 0 radical (unpaired) electrons. The number of hydrogen-bond donors (Lipinski definition) is 2. The van der Waals surface area contributed by atoms with Crippen molar-refractivity contribution < 1.29 is 0 Å². The van der Waals surface area contributed by atoms with Crippen molar-refractivity contribution in [3.8, 4) is 0 Å². The van der Waals surface area contributed by atoms with Crippen LogP contribution in [-0.4, -0.2) is 0 Å². The molecule has 0 aliphatic carbocycles. The number of allylic oxidation sites excluding steroid dienone is 6. The molecule has 0 aliphatic rings. The van der Waals surface area contributed by atoms with Crippen molar-refractivity contribution in [3.05, 3.63) is 46.4 Å². The minimum atomic E-state index is 0.303. The van der Waals surface area contributed by atoms with E-state index in [2.05, 4.69) is 25.7 Å². The summed E-state index contributed by atoms with van der Waals surface area (Å²) in [7, 11) is 0. The van der Waals surface area contributed by atoms with Gasteiger partial charge in [0.2, 0.25) is 0 Å². The van der Waals surface area contributed by atoms with E-state index in [1.165, 1.54) is 0 Å². The molecule has 3 heteroatoms. The summed E-state index contributed by atoms with van der Waals surface area (Å²) in [6.07, 6.45) is 3.61. The first-order chi connectivity index (χ1) is 7.84. The van der Waals surface area contributed by atoms with Crippen molar-refractivity contribution in [1.82, 2.24) is 5.32 Å². The molecule has 0 fully saturated rings. The van der Waals surface area contributed by atoms with Gasteiger partial charge in [-0.3, -0.25) is 0 Å². The van der Waals surface area contributed by atoms with Gasteiger partial charge in [-0.1, -0.05) is 44.2 Å². The van der Waals surface area contributed by atoms with Crippen molar-refractivity contribution in [1.29, 1.82) is 0 Å². The average molecular weight is 255 g/mol. The van der Waals surface area contributed by atoms with Gasteiger partial charge in [0.1, 0.15) is 0 Å². The number of nitrogens with one attached hydrogen (secondary N) is 1. The Kier molecular flexibility index (Phi) is 6.74. The number of hydrogen-bond acceptors (Lipinski definition) is 2. The second-order valence-electron chi connectivity index (χ2n) is 4.26. The molecular weight excluding hydrogens is 232 g/mol. The first kappa shape index (κ1) is 15.9. The Bertz CT molecular complexity index is 374. The smallest absolute Gasteiger partial charge is 0.0601 e. The zero-order valence-corrected chi connectivity index (χ0v) is 12.2. The highest BCUT2D eigenvalue weighted by molar-refractivity contribution is 6.32. The van der Waals surface area contributed by atoms with Gasteiger partial charge in [0, 0.05) is 11.4 Å². The van der Waals surface area contributed by atoms with E-state index in [0.29, 0.717) is 11.0 Å². The second-order valence-corrected chi connectivity index (χ2v) is 4.67. The summed E-state index contributed by atoms with van der Waals surface area (Å²) < 4.78 is 0. The Morgan fingerprint density at radius 3 is 2.24 bits per heavy atom. The summed E-state index contributed by atoms with van der Waals surface area (Å²) in [5.41, 5.74) is 9.60. The molecule has 0 aromatic heterocycles. The van der Waals surface area contributed by atoms with Crippen LogP contribution in [-0.2, 0) is 0 Å². The Labute approximate surface area is 110 Å². The van der Waals surface area contributed by atoms with Gasteiger partial charge < -0.3 is 11.1 Å². The van der Waals surface area contributed by atoms with Crippen LogP contribution in [0.25, 0.3) is 0 Å². The predicted molar refractivity (Wildman–Crippen MR) is 77.4 cm³/mol. The third-order valence-electron chi connectivity index (χ3n) is 2.56. The zero-order valence-electron chi connectivity index (χ0n) is 11.4. The Hall–Kier alpha value is -1.15. The molecule has 0 rings (SSSR count). The van der Waals surface area contributed by atoms with Crippen molar-refractivity contribution in [2.75, 3.05) is 0 Å². The standard InChI is InChI=1S/C14H23ClN2/c1-7-10(5)14(12(15)8-2)17-11(6)13(16)9(3)4/h7-9,17H,1,16H2,2-6H3/b12-8+,13-11-,14-10+. The average Bonchev–Trinajstić information content (AvgIpc) is 2.32. The van der Waals surface area contributed by atoms with E-state index in [-0.39, 0.29) is 0 Å². The van der Waals surface area contributed by atoms with Crippen LogP contribution in [0.2, 0.25) is 0 Å². The molecule has 0 bridgehead atoms. The molecule has 0 saturated carbocycles. The lowest BCUT2D eigenvalue weighted by atomic mass is 10.1. The van der Waals surface area contributed by atoms with Gasteiger partial charge >= 0.3 is 0 Å². The lowest BCUT2D eigenvalue weighted by Crippen LogP contribution is -2.20. The quantitative estimate of drug-likeness (QED) is 0.727. The molecule has 0 aromatic carbocycles. The first-order valence-electron chi connectivity index (χ1n) is 5.73. The highest BCUT2D eigenvalue weighted by Crippen LogP contribution is 2.19. The molecule has 2 nitrogen and oxygen atoms in total. The van der Waals surface area contributed by atoms with E-state index in [9.17, 15) is 0 Å². The van der Waals surface area contributed by atoms with Gasteiger partial charge in [-0.2, -0.15) is 0 Å². The monoisotopic (exact) mass is 254 g/mol. The van der Waals surface area contributed by atoms with Gasteiger partial charge in [0.15, 0.2) is 0 Å². The van der Waals surface area contributed by atoms with Crippen LogP contribution in [0.15, 0.2) is 46.4 Å². The molecular formula is C14H23ClN2. The fraction of sp³-hybridized carbons (Fsp3) is 0.429. The van der Waals surface area contributed by atoms with Crippen LogP contribution in [0.4, 0.5) is 0 Å². The minimum Gasteiger partial charge on any atom is -0.400 e. The molecule has 0 amide bonds. The Morgan fingerprint density at radius 1 is 1.35 bits per heavy atom. The fourth-order valence-corrected chi connectivity index (χ4v) is 1.48. The lowest BCUT2D eigenvalue weighted by molar-refractivity contribution is 0.727. The highest BCUT2D eigenvalue weighted by Gasteiger charge is 2.08. The summed E-state index contributed by atoms with van der Waals surface area (Å²) in [6, 6.07) is 0.